The lowest BCUT2D eigenvalue weighted by molar-refractivity contribution is 0.0947. The van der Waals surface area contributed by atoms with Crippen LogP contribution in [-0.4, -0.2) is 61.0 Å². The van der Waals surface area contributed by atoms with Gasteiger partial charge in [-0.05, 0) is 61.4 Å². The van der Waals surface area contributed by atoms with Crippen LogP contribution in [0.15, 0.2) is 66.7 Å². The molecule has 3 aromatic carbocycles. The third-order valence-corrected chi connectivity index (χ3v) is 7.54. The third kappa shape index (κ3) is 8.28. The Morgan fingerprint density at radius 2 is 1.66 bits per heavy atom. The van der Waals surface area contributed by atoms with E-state index in [1.807, 2.05) is 19.1 Å². The number of benzene rings is 3. The highest BCUT2D eigenvalue weighted by Crippen LogP contribution is 2.30. The highest BCUT2D eigenvalue weighted by atomic mass is 35.5. The van der Waals surface area contributed by atoms with Gasteiger partial charge < -0.3 is 25.8 Å². The smallest absolute Gasteiger partial charge is 0.317 e. The van der Waals surface area contributed by atoms with Crippen molar-refractivity contribution in [3.05, 3.63) is 93.5 Å². The highest BCUT2D eigenvalue weighted by molar-refractivity contribution is 6.34. The number of alkyl halides is 1. The van der Waals surface area contributed by atoms with Gasteiger partial charge in [-0.1, -0.05) is 59.1 Å². The van der Waals surface area contributed by atoms with Gasteiger partial charge in [-0.3, -0.25) is 9.59 Å². The van der Waals surface area contributed by atoms with Crippen LogP contribution in [0.3, 0.4) is 0 Å². The van der Waals surface area contributed by atoms with Crippen LogP contribution in [0.25, 0.3) is 0 Å². The molecule has 1 aliphatic heterocycles. The maximum atomic E-state index is 13.2. The zero-order valence-corrected chi connectivity index (χ0v) is 24.9. The molecule has 1 fully saturated rings. The number of amides is 4. The SMILES string of the molecule is CCNC(=O)N1CCCN(c2ccc(C(=O)NC(Cl)Cc3ccc(Cl)cc3)cc2NC(=O)c2ccccc2Cl)CC1. The third-order valence-electron chi connectivity index (χ3n) is 6.69. The number of halogens is 3. The van der Waals surface area contributed by atoms with Crippen LogP contribution >= 0.6 is 34.8 Å². The van der Waals surface area contributed by atoms with Gasteiger partial charge in [0.2, 0.25) is 0 Å². The van der Waals surface area contributed by atoms with Gasteiger partial charge in [-0.25, -0.2) is 4.79 Å². The molecule has 3 N–H and O–H groups in total. The Labute approximate surface area is 254 Å². The molecule has 4 rings (SSSR count). The van der Waals surface area contributed by atoms with E-state index in [-0.39, 0.29) is 11.9 Å². The van der Waals surface area contributed by atoms with E-state index in [4.69, 9.17) is 34.8 Å². The summed E-state index contributed by atoms with van der Waals surface area (Å²) in [7, 11) is 0. The maximum absolute atomic E-state index is 13.2. The van der Waals surface area contributed by atoms with Crippen molar-refractivity contribution in [2.45, 2.75) is 25.3 Å². The first-order valence-electron chi connectivity index (χ1n) is 13.4. The fourth-order valence-corrected chi connectivity index (χ4v) is 5.24. The van der Waals surface area contributed by atoms with Crippen molar-refractivity contribution in [3.63, 3.8) is 0 Å². The van der Waals surface area contributed by atoms with E-state index in [9.17, 15) is 14.4 Å². The lowest BCUT2D eigenvalue weighted by Crippen LogP contribution is -2.42. The molecule has 1 unspecified atom stereocenters. The van der Waals surface area contributed by atoms with Crippen LogP contribution in [0.2, 0.25) is 10.0 Å². The van der Waals surface area contributed by atoms with E-state index >= 15 is 0 Å². The number of anilines is 2. The summed E-state index contributed by atoms with van der Waals surface area (Å²) in [4.78, 5) is 42.7. The number of rotatable bonds is 8. The molecule has 0 aliphatic carbocycles. The molecule has 11 heteroatoms. The number of urea groups is 1. The summed E-state index contributed by atoms with van der Waals surface area (Å²) in [5, 5.41) is 9.56. The van der Waals surface area contributed by atoms with Crippen LogP contribution in [-0.2, 0) is 6.42 Å². The number of hydrogen-bond acceptors (Lipinski definition) is 4. The lowest BCUT2D eigenvalue weighted by atomic mass is 10.1. The molecule has 4 amide bonds. The molecule has 1 aliphatic rings. The first-order valence-corrected chi connectivity index (χ1v) is 14.6. The van der Waals surface area contributed by atoms with Crippen LogP contribution in [0.1, 0.15) is 39.6 Å². The molecule has 0 radical (unpaired) electrons. The van der Waals surface area contributed by atoms with Crippen molar-refractivity contribution in [2.75, 3.05) is 42.9 Å². The Bertz CT molecular complexity index is 1390. The van der Waals surface area contributed by atoms with E-state index in [2.05, 4.69) is 20.9 Å². The van der Waals surface area contributed by atoms with Gasteiger partial charge in [0.1, 0.15) is 5.50 Å². The average molecular weight is 617 g/mol. The van der Waals surface area contributed by atoms with E-state index < -0.39 is 11.4 Å². The summed E-state index contributed by atoms with van der Waals surface area (Å²) in [5.41, 5.74) is 2.12. The minimum absolute atomic E-state index is 0.0946. The monoisotopic (exact) mass is 615 g/mol. The van der Waals surface area contributed by atoms with Crippen molar-refractivity contribution in [1.82, 2.24) is 15.5 Å². The van der Waals surface area contributed by atoms with Crippen LogP contribution in [0.5, 0.6) is 0 Å². The molecule has 0 aromatic heterocycles. The van der Waals surface area contributed by atoms with Crippen LogP contribution in [0.4, 0.5) is 16.2 Å². The molecule has 41 heavy (non-hydrogen) atoms. The van der Waals surface area contributed by atoms with Crippen LogP contribution in [0, 0.1) is 0 Å². The van der Waals surface area contributed by atoms with Crippen molar-refractivity contribution >= 4 is 64.0 Å². The van der Waals surface area contributed by atoms with E-state index in [0.717, 1.165) is 17.7 Å². The molecule has 1 heterocycles. The summed E-state index contributed by atoms with van der Waals surface area (Å²) < 4.78 is 0. The van der Waals surface area contributed by atoms with Gasteiger partial charge in [0.05, 0.1) is 22.0 Å². The topological polar surface area (TPSA) is 93.8 Å². The highest BCUT2D eigenvalue weighted by Gasteiger charge is 2.23. The van der Waals surface area contributed by atoms with Crippen molar-refractivity contribution < 1.29 is 14.4 Å². The molecule has 1 atom stereocenters. The average Bonchev–Trinajstić information content (AvgIpc) is 3.21. The standard InChI is InChI=1S/C30H32Cl3N5O3/c1-2-34-30(41)38-15-5-14-37(16-17-38)26-13-10-21(19-25(26)35-29(40)23-6-3-4-7-24(23)32)28(39)36-27(33)18-20-8-11-22(31)12-9-20/h3-4,6-13,19,27H,2,5,14-18H2,1H3,(H,34,41)(H,35,40)(H,36,39). The second-order valence-corrected chi connectivity index (χ2v) is 11.0. The predicted octanol–water partition coefficient (Wildman–Crippen LogP) is 6.02. The van der Waals surface area contributed by atoms with E-state index in [0.29, 0.717) is 66.0 Å². The zero-order chi connectivity index (χ0) is 29.4. The second kappa shape index (κ2) is 14.4. The zero-order valence-electron chi connectivity index (χ0n) is 22.6. The van der Waals surface area contributed by atoms with E-state index in [1.54, 1.807) is 59.5 Å². The first kappa shape index (κ1) is 30.5. The van der Waals surface area contributed by atoms with Crippen LogP contribution < -0.4 is 20.9 Å². The maximum Gasteiger partial charge on any atom is 0.317 e. The fourth-order valence-electron chi connectivity index (χ4n) is 4.62. The minimum atomic E-state index is -0.657. The molecule has 8 nitrogen and oxygen atoms in total. The van der Waals surface area contributed by atoms with Gasteiger partial charge in [0.15, 0.2) is 0 Å². The number of hydrogen-bond donors (Lipinski definition) is 3. The van der Waals surface area contributed by atoms with Crippen molar-refractivity contribution in [2.24, 2.45) is 0 Å². The molecule has 0 saturated carbocycles. The van der Waals surface area contributed by atoms with Crippen molar-refractivity contribution in [3.8, 4) is 0 Å². The summed E-state index contributed by atoms with van der Waals surface area (Å²) in [6.45, 7) is 4.81. The Morgan fingerprint density at radius 3 is 2.39 bits per heavy atom. The second-order valence-electron chi connectivity index (χ2n) is 9.60. The molecular formula is C30H32Cl3N5O3. The summed E-state index contributed by atoms with van der Waals surface area (Å²) >= 11 is 18.7. The molecule has 0 spiro atoms. The van der Waals surface area contributed by atoms with Gasteiger partial charge >= 0.3 is 6.03 Å². The Morgan fingerprint density at radius 1 is 0.902 bits per heavy atom. The number of nitrogens with zero attached hydrogens (tertiary/aromatic N) is 2. The minimum Gasteiger partial charge on any atom is -0.368 e. The number of carbonyl (C=O) groups is 3. The quantitative estimate of drug-likeness (QED) is 0.213. The fraction of sp³-hybridized carbons (Fsp3) is 0.300. The summed E-state index contributed by atoms with van der Waals surface area (Å²) in [6, 6.07) is 19.1. The molecular weight excluding hydrogens is 585 g/mol. The van der Waals surface area contributed by atoms with Gasteiger partial charge in [0, 0.05) is 49.7 Å². The molecule has 216 valence electrons. The lowest BCUT2D eigenvalue weighted by Gasteiger charge is -2.26. The Kier molecular flexibility index (Phi) is 10.7. The van der Waals surface area contributed by atoms with Gasteiger partial charge in [-0.2, -0.15) is 0 Å². The van der Waals surface area contributed by atoms with Gasteiger partial charge in [0.25, 0.3) is 11.8 Å². The number of nitrogens with one attached hydrogen (secondary N) is 3. The predicted molar refractivity (Wildman–Crippen MR) is 166 cm³/mol. The molecule has 0 bridgehead atoms. The molecule has 1 saturated heterocycles. The van der Waals surface area contributed by atoms with Crippen molar-refractivity contribution in [1.29, 1.82) is 0 Å². The normalized spacial score (nSPS) is 14.1. The number of carbonyl (C=O) groups excluding carboxylic acids is 3. The Hall–Kier alpha value is -3.46. The Balaban J connectivity index is 1.56. The molecule has 3 aromatic rings. The van der Waals surface area contributed by atoms with Gasteiger partial charge in [-0.15, -0.1) is 0 Å². The summed E-state index contributed by atoms with van der Waals surface area (Å²) in [6.07, 6.45) is 1.16. The largest absolute Gasteiger partial charge is 0.368 e. The summed E-state index contributed by atoms with van der Waals surface area (Å²) in [5.74, 6) is -0.775. The van der Waals surface area contributed by atoms with E-state index in [1.165, 1.54) is 0 Å². The first-order chi connectivity index (χ1) is 19.7.